The standard InChI is InChI=1S/C34H2.C14H12O/c1-3-5-7-9-11-13-15-17-19-21-23-25-27-29-31-33-34-32-30-28-26-24-22-20-18-16-14-12-10-8-6-4-2;1-11(15)12-7-9-14(10-8-12)13-5-3-2-4-6-13/h1-2H;2-10H,1H3. The third kappa shape index (κ3) is 22.8. The third-order valence-corrected chi connectivity index (χ3v) is 4.36. The maximum atomic E-state index is 11.1. The van der Waals surface area contributed by atoms with Crippen LogP contribution in [-0.4, -0.2) is 5.78 Å². The Balaban J connectivity index is 0.000000654. The van der Waals surface area contributed by atoms with Crippen LogP contribution in [0.4, 0.5) is 0 Å². The van der Waals surface area contributed by atoms with Crippen LogP contribution in [0.15, 0.2) is 54.6 Å². The van der Waals surface area contributed by atoms with Crippen molar-refractivity contribution in [3.05, 3.63) is 60.2 Å². The van der Waals surface area contributed by atoms with Crippen LogP contribution in [0.3, 0.4) is 0 Å². The molecule has 0 N–H and O–H groups in total. The number of Topliss-reactive ketones (excluding diaryl/α,β-unsaturated/α-hetero) is 1. The fraction of sp³-hybridized carbons (Fsp3) is 0.0208. The van der Waals surface area contributed by atoms with E-state index in [0.29, 0.717) is 0 Å². The first-order valence-electron chi connectivity index (χ1n) is 13.3. The maximum absolute atomic E-state index is 11.1. The number of benzene rings is 2. The van der Waals surface area contributed by atoms with E-state index in [9.17, 15) is 4.79 Å². The van der Waals surface area contributed by atoms with Crippen molar-refractivity contribution >= 4 is 5.78 Å². The monoisotopic (exact) mass is 606 g/mol. The van der Waals surface area contributed by atoms with Crippen molar-refractivity contribution in [1.82, 2.24) is 0 Å². The molecule has 1 heteroatoms. The van der Waals surface area contributed by atoms with Crippen LogP contribution in [0.1, 0.15) is 17.3 Å². The van der Waals surface area contributed by atoms with Gasteiger partial charge < -0.3 is 0 Å². The Morgan fingerprint density at radius 2 is 0.571 bits per heavy atom. The third-order valence-electron chi connectivity index (χ3n) is 4.36. The molecule has 0 saturated heterocycles. The van der Waals surface area contributed by atoms with Crippen LogP contribution in [0, 0.1) is 202 Å². The number of hydrogen-bond acceptors (Lipinski definition) is 1. The Hall–Kier alpha value is -9.37. The summed E-state index contributed by atoms with van der Waals surface area (Å²) < 4.78 is 0. The molecule has 0 bridgehead atoms. The summed E-state index contributed by atoms with van der Waals surface area (Å²) in [7, 11) is 0. The lowest BCUT2D eigenvalue weighted by atomic mass is 10.0. The lowest BCUT2D eigenvalue weighted by Crippen LogP contribution is -1.90. The van der Waals surface area contributed by atoms with Gasteiger partial charge in [-0.05, 0) is 113 Å². The first-order valence-corrected chi connectivity index (χ1v) is 13.3. The van der Waals surface area contributed by atoms with Gasteiger partial charge in [-0.1, -0.05) is 54.6 Å². The summed E-state index contributed by atoms with van der Waals surface area (Å²) in [6, 6.07) is 17.8. The number of rotatable bonds is 2. The normalized spacial score (nSPS) is 5.69. The molecule has 0 heterocycles. The molecule has 0 atom stereocenters. The zero-order valence-electron chi connectivity index (χ0n) is 25.8. The van der Waals surface area contributed by atoms with E-state index in [0.717, 1.165) is 11.1 Å². The highest BCUT2D eigenvalue weighted by molar-refractivity contribution is 5.94. The van der Waals surface area contributed by atoms with Gasteiger partial charge in [0.2, 0.25) is 0 Å². The number of terminal acetylenes is 2. The molecule has 0 amide bonds. The molecule has 2 rings (SSSR count). The molecule has 212 valence electrons. The molecule has 0 aliphatic heterocycles. The molecule has 0 radical (unpaired) electrons. The molecule has 0 unspecified atom stereocenters. The predicted molar refractivity (Wildman–Crippen MR) is 196 cm³/mol. The molecule has 49 heavy (non-hydrogen) atoms. The van der Waals surface area contributed by atoms with Crippen LogP contribution in [-0.2, 0) is 0 Å². The van der Waals surface area contributed by atoms with Gasteiger partial charge in [0.05, 0.1) is 0 Å². The summed E-state index contributed by atoms with van der Waals surface area (Å²) in [5.41, 5.74) is 3.07. The maximum Gasteiger partial charge on any atom is 0.159 e. The van der Waals surface area contributed by atoms with E-state index >= 15 is 0 Å². The lowest BCUT2D eigenvalue weighted by Gasteiger charge is -2.01. The summed E-state index contributed by atoms with van der Waals surface area (Å²) in [4.78, 5) is 11.1. The Morgan fingerprint density at radius 1 is 0.347 bits per heavy atom. The predicted octanol–water partition coefficient (Wildman–Crippen LogP) is 3.86. The van der Waals surface area contributed by atoms with E-state index in [1.807, 2.05) is 42.5 Å². The molecule has 0 fully saturated rings. The number of hydrogen-bond donors (Lipinski definition) is 0. The topological polar surface area (TPSA) is 17.1 Å². The fourth-order valence-corrected chi connectivity index (χ4v) is 2.48. The first kappa shape index (κ1) is 37.7. The van der Waals surface area contributed by atoms with Gasteiger partial charge in [0, 0.05) is 100 Å². The average Bonchev–Trinajstić information content (AvgIpc) is 3.13. The van der Waals surface area contributed by atoms with Gasteiger partial charge in [-0.25, -0.2) is 0 Å². The Kier molecular flexibility index (Phi) is 22.1. The van der Waals surface area contributed by atoms with Gasteiger partial charge in [0.15, 0.2) is 5.78 Å². The van der Waals surface area contributed by atoms with Crippen molar-refractivity contribution in [2.24, 2.45) is 0 Å². The van der Waals surface area contributed by atoms with Crippen LogP contribution in [0.25, 0.3) is 11.1 Å². The van der Waals surface area contributed by atoms with Gasteiger partial charge in [-0.2, -0.15) is 0 Å². The lowest BCUT2D eigenvalue weighted by molar-refractivity contribution is 0.101. The van der Waals surface area contributed by atoms with E-state index in [1.54, 1.807) is 6.92 Å². The smallest absolute Gasteiger partial charge is 0.159 e. The van der Waals surface area contributed by atoms with E-state index in [1.165, 1.54) is 5.56 Å². The zero-order valence-corrected chi connectivity index (χ0v) is 25.8. The Bertz CT molecular complexity index is 2500. The summed E-state index contributed by atoms with van der Waals surface area (Å²) in [6.45, 7) is 1.58. The van der Waals surface area contributed by atoms with Crippen LogP contribution >= 0.6 is 0 Å². The Morgan fingerprint density at radius 3 is 0.796 bits per heavy atom. The first-order chi connectivity index (χ1) is 24.2. The number of carbonyl (C=O) groups excluding carboxylic acids is 1. The second-order valence-electron chi connectivity index (χ2n) is 7.54. The van der Waals surface area contributed by atoms with Crippen molar-refractivity contribution < 1.29 is 4.79 Å². The molecule has 2 aromatic rings. The molecule has 0 spiro atoms. The minimum atomic E-state index is 0.106. The van der Waals surface area contributed by atoms with E-state index in [4.69, 9.17) is 12.8 Å². The van der Waals surface area contributed by atoms with Gasteiger partial charge >= 0.3 is 0 Å². The van der Waals surface area contributed by atoms with Gasteiger partial charge in [0.1, 0.15) is 0 Å². The summed E-state index contributed by atoms with van der Waals surface area (Å²) in [5.74, 6) is 78.3. The van der Waals surface area contributed by atoms with Crippen molar-refractivity contribution in [1.29, 1.82) is 0 Å². The summed E-state index contributed by atoms with van der Waals surface area (Å²) >= 11 is 0. The summed E-state index contributed by atoms with van der Waals surface area (Å²) in [6.07, 6.45) is 9.85. The van der Waals surface area contributed by atoms with Gasteiger partial charge in [0.25, 0.3) is 0 Å². The van der Waals surface area contributed by atoms with E-state index in [-0.39, 0.29) is 5.78 Å². The quantitative estimate of drug-likeness (QED) is 0.375. The van der Waals surface area contributed by atoms with Crippen molar-refractivity contribution in [3.63, 3.8) is 0 Å². The highest BCUT2D eigenvalue weighted by atomic mass is 16.1. The highest BCUT2D eigenvalue weighted by Crippen LogP contribution is 2.19. The minimum absolute atomic E-state index is 0.106. The second kappa shape index (κ2) is 28.7. The molecular formula is C48H14O. The van der Waals surface area contributed by atoms with Gasteiger partial charge in [-0.15, -0.1) is 12.8 Å². The van der Waals surface area contributed by atoms with Crippen LogP contribution in [0.5, 0.6) is 0 Å². The fourth-order valence-electron chi connectivity index (χ4n) is 2.48. The second-order valence-corrected chi connectivity index (χ2v) is 7.54. The van der Waals surface area contributed by atoms with E-state index in [2.05, 4.69) is 202 Å². The number of carbonyl (C=O) groups is 1. The van der Waals surface area contributed by atoms with E-state index < -0.39 is 0 Å². The molecule has 0 saturated carbocycles. The van der Waals surface area contributed by atoms with Crippen LogP contribution in [0.2, 0.25) is 0 Å². The number of ketones is 1. The Labute approximate surface area is 290 Å². The molecule has 0 aromatic heterocycles. The molecule has 2 aromatic carbocycles. The van der Waals surface area contributed by atoms with Crippen molar-refractivity contribution in [2.45, 2.75) is 6.92 Å². The zero-order chi connectivity index (χ0) is 35.3. The molecule has 0 aliphatic carbocycles. The molecule has 1 nitrogen and oxygen atoms in total. The summed E-state index contributed by atoms with van der Waals surface area (Å²) in [5, 5.41) is 0. The molecular weight excluding hydrogens is 593 g/mol. The SMILES string of the molecule is C#CC#CC#CC#CC#CC#CC#CC#CC#CC#CC#CC#CC#CC#CC#CC#CC#C.CC(=O)c1ccc(-c2ccccc2)cc1. The molecule has 0 aliphatic rings. The van der Waals surface area contributed by atoms with Gasteiger partial charge in [-0.3, -0.25) is 4.79 Å². The van der Waals surface area contributed by atoms with Crippen molar-refractivity contribution in [3.8, 4) is 213 Å². The average molecular weight is 607 g/mol. The van der Waals surface area contributed by atoms with Crippen molar-refractivity contribution in [2.75, 3.05) is 0 Å². The minimum Gasteiger partial charge on any atom is -0.295 e. The largest absolute Gasteiger partial charge is 0.295 e. The van der Waals surface area contributed by atoms with Crippen LogP contribution < -0.4 is 0 Å². The highest BCUT2D eigenvalue weighted by Gasteiger charge is 1.99.